The predicted octanol–water partition coefficient (Wildman–Crippen LogP) is 2.52. The molecule has 0 amide bonds. The zero-order valence-electron chi connectivity index (χ0n) is 11.4. The van der Waals surface area contributed by atoms with Gasteiger partial charge in [-0.2, -0.15) is 0 Å². The van der Waals surface area contributed by atoms with Gasteiger partial charge in [0.2, 0.25) is 0 Å². The molecule has 4 heteroatoms. The quantitative estimate of drug-likeness (QED) is 0.723. The summed E-state index contributed by atoms with van der Waals surface area (Å²) in [6, 6.07) is 5.78. The molecule has 2 N–H and O–H groups in total. The van der Waals surface area contributed by atoms with Gasteiger partial charge in [-0.15, -0.1) is 0 Å². The Morgan fingerprint density at radius 1 is 1.22 bits per heavy atom. The molecule has 0 aromatic heterocycles. The highest BCUT2D eigenvalue weighted by atomic mass is 16.5. The third kappa shape index (κ3) is 4.55. The maximum atomic E-state index is 5.83. The molecule has 1 aromatic rings. The number of benzene rings is 1. The van der Waals surface area contributed by atoms with E-state index in [1.165, 1.54) is 0 Å². The molecule has 1 atom stereocenters. The molecule has 18 heavy (non-hydrogen) atoms. The van der Waals surface area contributed by atoms with E-state index >= 15 is 0 Å². The molecule has 0 radical (unpaired) electrons. The van der Waals surface area contributed by atoms with Gasteiger partial charge in [-0.3, -0.25) is 0 Å². The molecular formula is C14H23NO3. The first kappa shape index (κ1) is 14.8. The Morgan fingerprint density at radius 2 is 2.00 bits per heavy atom. The van der Waals surface area contributed by atoms with Gasteiger partial charge in [0.15, 0.2) is 11.5 Å². The van der Waals surface area contributed by atoms with Crippen molar-refractivity contribution in [3.63, 3.8) is 0 Å². The minimum absolute atomic E-state index is 0.00842. The van der Waals surface area contributed by atoms with Gasteiger partial charge in [0, 0.05) is 25.7 Å². The largest absolute Gasteiger partial charge is 0.493 e. The highest BCUT2D eigenvalue weighted by molar-refractivity contribution is 5.43. The fourth-order valence-electron chi connectivity index (χ4n) is 1.57. The van der Waals surface area contributed by atoms with Crippen molar-refractivity contribution in [2.24, 2.45) is 5.73 Å². The van der Waals surface area contributed by atoms with Crippen molar-refractivity contribution < 1.29 is 14.2 Å². The molecule has 0 heterocycles. The Balaban J connectivity index is 2.54. The second kappa shape index (κ2) is 7.95. The first-order valence-corrected chi connectivity index (χ1v) is 6.33. The average Bonchev–Trinajstić information content (AvgIpc) is 2.38. The normalized spacial score (nSPS) is 12.2. The van der Waals surface area contributed by atoms with Crippen molar-refractivity contribution in [3.8, 4) is 11.5 Å². The molecule has 0 aliphatic heterocycles. The van der Waals surface area contributed by atoms with Crippen LogP contribution < -0.4 is 15.2 Å². The summed E-state index contributed by atoms with van der Waals surface area (Å²) >= 11 is 0. The Morgan fingerprint density at radius 3 is 2.61 bits per heavy atom. The van der Waals surface area contributed by atoms with Crippen molar-refractivity contribution >= 4 is 0 Å². The second-order valence-corrected chi connectivity index (χ2v) is 4.10. The molecule has 1 aromatic carbocycles. The van der Waals surface area contributed by atoms with Gasteiger partial charge in [-0.1, -0.05) is 6.07 Å². The molecule has 0 aliphatic carbocycles. The first-order valence-electron chi connectivity index (χ1n) is 6.33. The summed E-state index contributed by atoms with van der Waals surface area (Å²) in [5.74, 6) is 1.47. The number of hydrogen-bond acceptors (Lipinski definition) is 4. The number of rotatable bonds is 8. The molecule has 0 saturated carbocycles. The van der Waals surface area contributed by atoms with E-state index < -0.39 is 0 Å². The van der Waals surface area contributed by atoms with Crippen LogP contribution in [0.1, 0.15) is 31.9 Å². The third-order valence-corrected chi connectivity index (χ3v) is 2.61. The van der Waals surface area contributed by atoms with Gasteiger partial charge in [0.1, 0.15) is 0 Å². The fraction of sp³-hybridized carbons (Fsp3) is 0.571. The smallest absolute Gasteiger partial charge is 0.161 e. The zero-order chi connectivity index (χ0) is 13.4. The Kier molecular flexibility index (Phi) is 6.54. The lowest BCUT2D eigenvalue weighted by Gasteiger charge is -2.13. The van der Waals surface area contributed by atoms with Crippen LogP contribution in [0.2, 0.25) is 0 Å². The van der Waals surface area contributed by atoms with Crippen LogP contribution in [-0.4, -0.2) is 26.9 Å². The van der Waals surface area contributed by atoms with Gasteiger partial charge in [-0.25, -0.2) is 0 Å². The third-order valence-electron chi connectivity index (χ3n) is 2.61. The van der Waals surface area contributed by atoms with Crippen LogP contribution in [0.15, 0.2) is 18.2 Å². The van der Waals surface area contributed by atoms with Gasteiger partial charge in [0.05, 0.1) is 13.7 Å². The van der Waals surface area contributed by atoms with E-state index in [0.29, 0.717) is 6.61 Å². The van der Waals surface area contributed by atoms with Gasteiger partial charge in [0.25, 0.3) is 0 Å². The molecule has 4 nitrogen and oxygen atoms in total. The lowest BCUT2D eigenvalue weighted by Crippen LogP contribution is -2.07. The van der Waals surface area contributed by atoms with Crippen LogP contribution in [-0.2, 0) is 4.74 Å². The SMILES string of the molecule is CCOCCCOc1ccc([C@@H](C)N)cc1OC. The number of hydrogen-bond donors (Lipinski definition) is 1. The van der Waals surface area contributed by atoms with Crippen LogP contribution in [0.25, 0.3) is 0 Å². The lowest BCUT2D eigenvalue weighted by molar-refractivity contribution is 0.130. The van der Waals surface area contributed by atoms with Crippen LogP contribution >= 0.6 is 0 Å². The zero-order valence-corrected chi connectivity index (χ0v) is 11.4. The van der Waals surface area contributed by atoms with Crippen molar-refractivity contribution in [2.45, 2.75) is 26.3 Å². The molecule has 0 bridgehead atoms. The molecular weight excluding hydrogens is 230 g/mol. The summed E-state index contributed by atoms with van der Waals surface area (Å²) in [5, 5.41) is 0. The molecule has 0 spiro atoms. The van der Waals surface area contributed by atoms with E-state index in [2.05, 4.69) is 0 Å². The topological polar surface area (TPSA) is 53.7 Å². The fourth-order valence-corrected chi connectivity index (χ4v) is 1.57. The Hall–Kier alpha value is -1.26. The van der Waals surface area contributed by atoms with E-state index in [0.717, 1.165) is 36.7 Å². The Bertz CT molecular complexity index is 353. The minimum Gasteiger partial charge on any atom is -0.493 e. The predicted molar refractivity (Wildman–Crippen MR) is 72.2 cm³/mol. The van der Waals surface area contributed by atoms with E-state index in [4.69, 9.17) is 19.9 Å². The van der Waals surface area contributed by atoms with Crippen molar-refractivity contribution in [2.75, 3.05) is 26.9 Å². The number of ether oxygens (including phenoxy) is 3. The number of nitrogens with two attached hydrogens (primary N) is 1. The van der Waals surface area contributed by atoms with E-state index in [9.17, 15) is 0 Å². The summed E-state index contributed by atoms with van der Waals surface area (Å²) in [4.78, 5) is 0. The summed E-state index contributed by atoms with van der Waals surface area (Å²) in [6.45, 7) is 6.00. The Labute approximate surface area is 109 Å². The standard InChI is InChI=1S/C14H23NO3/c1-4-17-8-5-9-18-13-7-6-12(11(2)15)10-14(13)16-3/h6-7,10-11H,4-5,8-9,15H2,1-3H3/t11-/m1/s1. The molecule has 0 aliphatic rings. The summed E-state index contributed by atoms with van der Waals surface area (Å²) < 4.78 is 16.2. The lowest BCUT2D eigenvalue weighted by atomic mass is 10.1. The second-order valence-electron chi connectivity index (χ2n) is 4.10. The van der Waals surface area contributed by atoms with Crippen molar-refractivity contribution in [1.82, 2.24) is 0 Å². The highest BCUT2D eigenvalue weighted by Gasteiger charge is 2.07. The molecule has 1 rings (SSSR count). The summed E-state index contributed by atoms with van der Waals surface area (Å²) in [7, 11) is 1.63. The van der Waals surface area contributed by atoms with Crippen LogP contribution in [0, 0.1) is 0 Å². The van der Waals surface area contributed by atoms with Crippen LogP contribution in [0.5, 0.6) is 11.5 Å². The van der Waals surface area contributed by atoms with E-state index in [1.807, 2.05) is 32.0 Å². The van der Waals surface area contributed by atoms with Crippen molar-refractivity contribution in [3.05, 3.63) is 23.8 Å². The van der Waals surface area contributed by atoms with E-state index in [1.54, 1.807) is 7.11 Å². The minimum atomic E-state index is -0.00842. The van der Waals surface area contributed by atoms with Crippen LogP contribution in [0.3, 0.4) is 0 Å². The number of methoxy groups -OCH3 is 1. The maximum Gasteiger partial charge on any atom is 0.161 e. The van der Waals surface area contributed by atoms with Gasteiger partial charge < -0.3 is 19.9 Å². The summed E-state index contributed by atoms with van der Waals surface area (Å²) in [6.07, 6.45) is 0.867. The van der Waals surface area contributed by atoms with Crippen molar-refractivity contribution in [1.29, 1.82) is 0 Å². The average molecular weight is 253 g/mol. The van der Waals surface area contributed by atoms with Gasteiger partial charge >= 0.3 is 0 Å². The molecule has 102 valence electrons. The van der Waals surface area contributed by atoms with Crippen LogP contribution in [0.4, 0.5) is 0 Å². The van der Waals surface area contributed by atoms with Gasteiger partial charge in [-0.05, 0) is 31.5 Å². The maximum absolute atomic E-state index is 5.83. The molecule has 0 unspecified atom stereocenters. The first-order chi connectivity index (χ1) is 8.69. The highest BCUT2D eigenvalue weighted by Crippen LogP contribution is 2.29. The summed E-state index contributed by atoms with van der Waals surface area (Å²) in [5.41, 5.74) is 6.87. The molecule has 0 saturated heterocycles. The van der Waals surface area contributed by atoms with E-state index in [-0.39, 0.29) is 6.04 Å². The molecule has 0 fully saturated rings. The monoisotopic (exact) mass is 253 g/mol.